The number of ether oxygens (including phenoxy) is 1. The van der Waals surface area contributed by atoms with Crippen molar-refractivity contribution in [2.45, 2.75) is 33.7 Å². The number of hydrogen-bond acceptors (Lipinski definition) is 2. The molecule has 0 heterocycles. The Hall–Kier alpha value is -0.440. The third kappa shape index (κ3) is 6.48. The van der Waals surface area contributed by atoms with E-state index in [-0.39, 0.29) is 12.4 Å². The first kappa shape index (κ1) is 17.6. The molecule has 1 rings (SSSR count). The van der Waals surface area contributed by atoms with Crippen molar-refractivity contribution in [3.63, 3.8) is 0 Å². The van der Waals surface area contributed by atoms with E-state index in [0.29, 0.717) is 11.6 Å². The first-order valence-electron chi connectivity index (χ1n) is 6.25. The quantitative estimate of drug-likeness (QED) is 0.757. The molecule has 0 saturated heterocycles. The lowest BCUT2D eigenvalue weighted by atomic mass is 10.1. The topological polar surface area (TPSA) is 21.3 Å². The van der Waals surface area contributed by atoms with Gasteiger partial charge in [0.25, 0.3) is 0 Å². The third-order valence-electron chi connectivity index (χ3n) is 2.52. The Balaban J connectivity index is 0.00000289. The molecule has 0 bridgehead atoms. The molecule has 0 unspecified atom stereocenters. The molecule has 18 heavy (non-hydrogen) atoms. The fraction of sp³-hybridized carbons (Fsp3) is 0.571. The van der Waals surface area contributed by atoms with E-state index in [2.05, 4.69) is 25.2 Å². The maximum Gasteiger partial charge on any atom is 0.137 e. The van der Waals surface area contributed by atoms with Crippen molar-refractivity contribution in [3.8, 4) is 5.75 Å². The lowest BCUT2D eigenvalue weighted by Crippen LogP contribution is -2.16. The Bertz CT molecular complexity index is 343. The van der Waals surface area contributed by atoms with Crippen LogP contribution in [0.3, 0.4) is 0 Å². The Morgan fingerprint density at radius 3 is 2.61 bits per heavy atom. The molecule has 0 aromatic heterocycles. The van der Waals surface area contributed by atoms with Crippen molar-refractivity contribution in [1.29, 1.82) is 0 Å². The van der Waals surface area contributed by atoms with E-state index in [4.69, 9.17) is 16.3 Å². The minimum absolute atomic E-state index is 0. The van der Waals surface area contributed by atoms with Crippen LogP contribution in [0.2, 0.25) is 5.02 Å². The summed E-state index contributed by atoms with van der Waals surface area (Å²) in [6.07, 6.45) is 1.20. The normalized spacial score (nSPS) is 10.3. The van der Waals surface area contributed by atoms with Crippen LogP contribution in [0.1, 0.15) is 32.8 Å². The number of nitrogens with one attached hydrogen (secondary N) is 1. The summed E-state index contributed by atoms with van der Waals surface area (Å²) in [6.45, 7) is 8.97. The van der Waals surface area contributed by atoms with Gasteiger partial charge in [-0.15, -0.1) is 12.4 Å². The van der Waals surface area contributed by atoms with E-state index >= 15 is 0 Å². The fourth-order valence-corrected chi connectivity index (χ4v) is 1.81. The zero-order chi connectivity index (χ0) is 12.7. The number of halogens is 2. The van der Waals surface area contributed by atoms with Gasteiger partial charge in [-0.05, 0) is 43.5 Å². The average Bonchev–Trinajstić information content (AvgIpc) is 2.28. The molecule has 0 atom stereocenters. The summed E-state index contributed by atoms with van der Waals surface area (Å²) >= 11 is 6.12. The summed E-state index contributed by atoms with van der Waals surface area (Å²) < 4.78 is 5.40. The molecular weight excluding hydrogens is 269 g/mol. The highest BCUT2D eigenvalue weighted by molar-refractivity contribution is 6.32. The molecule has 0 amide bonds. The van der Waals surface area contributed by atoms with Crippen molar-refractivity contribution < 1.29 is 4.74 Å². The standard InChI is InChI=1S/C14H22ClNO.ClH/c1-4-17-14-6-5-12(9-13(14)15)10-16-8-7-11(2)3;/h5-6,9,11,16H,4,7-8,10H2,1-3H3;1H. The Labute approximate surface area is 121 Å². The molecule has 0 spiro atoms. The van der Waals surface area contributed by atoms with Crippen molar-refractivity contribution in [2.24, 2.45) is 5.92 Å². The lowest BCUT2D eigenvalue weighted by molar-refractivity contribution is 0.340. The molecule has 2 nitrogen and oxygen atoms in total. The molecule has 104 valence electrons. The minimum Gasteiger partial charge on any atom is -0.492 e. The smallest absolute Gasteiger partial charge is 0.137 e. The summed E-state index contributed by atoms with van der Waals surface area (Å²) in [6, 6.07) is 5.96. The van der Waals surface area contributed by atoms with Gasteiger partial charge in [0, 0.05) is 6.54 Å². The Morgan fingerprint density at radius 2 is 2.06 bits per heavy atom. The van der Waals surface area contributed by atoms with E-state index in [1.807, 2.05) is 19.1 Å². The van der Waals surface area contributed by atoms with Crippen LogP contribution in [0.25, 0.3) is 0 Å². The van der Waals surface area contributed by atoms with Crippen LogP contribution < -0.4 is 10.1 Å². The second-order valence-electron chi connectivity index (χ2n) is 4.56. The average molecular weight is 292 g/mol. The van der Waals surface area contributed by atoms with E-state index < -0.39 is 0 Å². The third-order valence-corrected chi connectivity index (χ3v) is 2.82. The van der Waals surface area contributed by atoms with E-state index in [9.17, 15) is 0 Å². The van der Waals surface area contributed by atoms with E-state index in [1.54, 1.807) is 0 Å². The van der Waals surface area contributed by atoms with Gasteiger partial charge in [-0.1, -0.05) is 31.5 Å². The van der Waals surface area contributed by atoms with Gasteiger partial charge in [-0.2, -0.15) is 0 Å². The molecule has 0 aliphatic carbocycles. The van der Waals surface area contributed by atoms with Crippen LogP contribution in [-0.2, 0) is 6.54 Å². The highest BCUT2D eigenvalue weighted by Crippen LogP contribution is 2.25. The highest BCUT2D eigenvalue weighted by Gasteiger charge is 2.02. The van der Waals surface area contributed by atoms with Gasteiger partial charge in [-0.3, -0.25) is 0 Å². The van der Waals surface area contributed by atoms with E-state index in [0.717, 1.165) is 24.8 Å². The monoisotopic (exact) mass is 291 g/mol. The molecule has 0 saturated carbocycles. The summed E-state index contributed by atoms with van der Waals surface area (Å²) in [5.74, 6) is 1.51. The van der Waals surface area contributed by atoms with Crippen molar-refractivity contribution in [3.05, 3.63) is 28.8 Å². The highest BCUT2D eigenvalue weighted by atomic mass is 35.5. The van der Waals surface area contributed by atoms with Crippen molar-refractivity contribution >= 4 is 24.0 Å². The Kier molecular flexibility index (Phi) is 9.25. The predicted octanol–water partition coefficient (Wildman–Crippen LogP) is 4.30. The maximum atomic E-state index is 6.12. The predicted molar refractivity (Wildman–Crippen MR) is 81.0 cm³/mol. The molecular formula is C14H23Cl2NO. The molecule has 0 fully saturated rings. The summed E-state index contributed by atoms with van der Waals surface area (Å²) in [5.41, 5.74) is 1.20. The van der Waals surface area contributed by atoms with Gasteiger partial charge in [0.2, 0.25) is 0 Å². The molecule has 1 aromatic rings. The largest absolute Gasteiger partial charge is 0.492 e. The van der Waals surface area contributed by atoms with Gasteiger partial charge >= 0.3 is 0 Å². The zero-order valence-electron chi connectivity index (χ0n) is 11.3. The van der Waals surface area contributed by atoms with Gasteiger partial charge < -0.3 is 10.1 Å². The Morgan fingerprint density at radius 1 is 1.33 bits per heavy atom. The molecule has 1 aromatic carbocycles. The van der Waals surface area contributed by atoms with Crippen LogP contribution >= 0.6 is 24.0 Å². The van der Waals surface area contributed by atoms with E-state index in [1.165, 1.54) is 12.0 Å². The second kappa shape index (κ2) is 9.48. The number of hydrogen-bond donors (Lipinski definition) is 1. The van der Waals surface area contributed by atoms with Crippen LogP contribution in [0.15, 0.2) is 18.2 Å². The minimum atomic E-state index is 0. The molecule has 1 N–H and O–H groups in total. The zero-order valence-corrected chi connectivity index (χ0v) is 12.9. The molecule has 4 heteroatoms. The van der Waals surface area contributed by atoms with Gasteiger partial charge in [-0.25, -0.2) is 0 Å². The molecule has 0 radical (unpaired) electrons. The maximum absolute atomic E-state index is 6.12. The van der Waals surface area contributed by atoms with Crippen LogP contribution in [-0.4, -0.2) is 13.2 Å². The number of rotatable bonds is 7. The lowest BCUT2D eigenvalue weighted by Gasteiger charge is -2.09. The van der Waals surface area contributed by atoms with Gasteiger partial charge in [0.05, 0.1) is 11.6 Å². The van der Waals surface area contributed by atoms with Crippen LogP contribution in [0.4, 0.5) is 0 Å². The van der Waals surface area contributed by atoms with Crippen LogP contribution in [0.5, 0.6) is 5.75 Å². The van der Waals surface area contributed by atoms with Crippen molar-refractivity contribution in [1.82, 2.24) is 5.32 Å². The summed E-state index contributed by atoms with van der Waals surface area (Å²) in [4.78, 5) is 0. The first-order chi connectivity index (χ1) is 8.13. The second-order valence-corrected chi connectivity index (χ2v) is 4.96. The summed E-state index contributed by atoms with van der Waals surface area (Å²) in [5, 5.41) is 4.10. The SMILES string of the molecule is CCOc1ccc(CNCCC(C)C)cc1Cl.Cl. The fourth-order valence-electron chi connectivity index (χ4n) is 1.55. The van der Waals surface area contributed by atoms with Gasteiger partial charge in [0.1, 0.15) is 5.75 Å². The molecule has 0 aliphatic rings. The summed E-state index contributed by atoms with van der Waals surface area (Å²) in [7, 11) is 0. The van der Waals surface area contributed by atoms with Crippen molar-refractivity contribution in [2.75, 3.05) is 13.2 Å². The number of benzene rings is 1. The van der Waals surface area contributed by atoms with Gasteiger partial charge in [0.15, 0.2) is 0 Å². The van der Waals surface area contributed by atoms with Crippen LogP contribution in [0, 0.1) is 5.92 Å². The first-order valence-corrected chi connectivity index (χ1v) is 6.63. The molecule has 0 aliphatic heterocycles.